The molecule has 0 amide bonds. The van der Waals surface area contributed by atoms with Gasteiger partial charge in [-0.05, 0) is 36.4 Å². The Balaban J connectivity index is 3.32. The van der Waals surface area contributed by atoms with Crippen LogP contribution in [0.25, 0.3) is 6.08 Å². The van der Waals surface area contributed by atoms with E-state index in [1.807, 2.05) is 18.4 Å². The normalized spacial score (nSPS) is 11.4. The van der Waals surface area contributed by atoms with Crippen LogP contribution in [0.5, 0.6) is 5.75 Å². The van der Waals surface area contributed by atoms with Gasteiger partial charge in [-0.1, -0.05) is 22.0 Å². The highest BCUT2D eigenvalue weighted by Gasteiger charge is 2.09. The van der Waals surface area contributed by atoms with Crippen molar-refractivity contribution in [2.24, 2.45) is 0 Å². The predicted octanol–water partition coefficient (Wildman–Crippen LogP) is 5.50. The van der Waals surface area contributed by atoms with Crippen molar-refractivity contribution in [1.29, 1.82) is 0 Å². The van der Waals surface area contributed by atoms with Crippen LogP contribution in [-0.2, 0) is 5.75 Å². The zero-order chi connectivity index (χ0) is 14.4. The Morgan fingerprint density at radius 2 is 2.11 bits per heavy atom. The summed E-state index contributed by atoms with van der Waals surface area (Å²) in [5.41, 5.74) is 2.39. The molecule has 0 radical (unpaired) electrons. The molecule has 0 aliphatic carbocycles. The summed E-state index contributed by atoms with van der Waals surface area (Å²) in [6, 6.07) is 3.78. The first-order valence-corrected chi connectivity index (χ1v) is 7.73. The maximum atomic E-state index is 12.2. The molecular weight excluding hydrogens is 334 g/mol. The molecule has 0 unspecified atom stereocenters. The monoisotopic (exact) mass is 348 g/mol. The van der Waals surface area contributed by atoms with Gasteiger partial charge >= 0.3 is 0 Å². The van der Waals surface area contributed by atoms with Crippen molar-refractivity contribution < 1.29 is 13.5 Å². The summed E-state index contributed by atoms with van der Waals surface area (Å²) in [7, 11) is 1.60. The fourth-order valence-electron chi connectivity index (χ4n) is 1.70. The number of halogens is 3. The van der Waals surface area contributed by atoms with Crippen LogP contribution in [0.1, 0.15) is 18.1 Å². The minimum Gasteiger partial charge on any atom is -0.496 e. The fourth-order valence-corrected chi connectivity index (χ4v) is 2.75. The van der Waals surface area contributed by atoms with E-state index < -0.39 is 6.08 Å². The number of ether oxygens (including phenoxy) is 1. The first-order chi connectivity index (χ1) is 8.97. The molecule has 0 heterocycles. The highest BCUT2D eigenvalue weighted by molar-refractivity contribution is 9.10. The van der Waals surface area contributed by atoms with E-state index in [1.165, 1.54) is 0 Å². The first kappa shape index (κ1) is 16.2. The van der Waals surface area contributed by atoms with E-state index in [1.54, 1.807) is 31.9 Å². The lowest BCUT2D eigenvalue weighted by molar-refractivity contribution is 0.411. The lowest BCUT2D eigenvalue weighted by Gasteiger charge is -2.12. The maximum Gasteiger partial charge on any atom is 0.270 e. The molecule has 0 aliphatic heterocycles. The van der Waals surface area contributed by atoms with Crippen molar-refractivity contribution in [1.82, 2.24) is 0 Å². The van der Waals surface area contributed by atoms with Crippen molar-refractivity contribution in [2.45, 2.75) is 12.7 Å². The topological polar surface area (TPSA) is 9.23 Å². The van der Waals surface area contributed by atoms with Crippen molar-refractivity contribution in [3.05, 3.63) is 45.5 Å². The maximum absolute atomic E-state index is 12.2. The van der Waals surface area contributed by atoms with Crippen LogP contribution in [0.4, 0.5) is 8.78 Å². The standard InChI is InChI=1S/C14H15BrF2OS/c1-9(5-14(16)17)4-10-6-11(15)7-13(18-2)12(10)8-19-3/h4-7H,8H2,1-3H3/b9-4+. The Kier molecular flexibility index (Phi) is 6.58. The minimum absolute atomic E-state index is 0.502. The third-order valence-corrected chi connectivity index (χ3v) is 3.47. The molecule has 0 aromatic heterocycles. The molecule has 0 spiro atoms. The number of allylic oxidation sites excluding steroid dienone is 2. The summed E-state index contributed by atoms with van der Waals surface area (Å²) in [6.07, 6.45) is 2.89. The molecule has 0 fully saturated rings. The van der Waals surface area contributed by atoms with Gasteiger partial charge in [0.1, 0.15) is 5.75 Å². The van der Waals surface area contributed by atoms with E-state index in [9.17, 15) is 8.78 Å². The SMILES string of the molecule is COc1cc(Br)cc(/C=C(\C)C=C(F)F)c1CSC. The zero-order valence-electron chi connectivity index (χ0n) is 11.0. The van der Waals surface area contributed by atoms with Gasteiger partial charge in [0.05, 0.1) is 7.11 Å². The Labute approximate surface area is 124 Å². The average Bonchev–Trinajstić information content (AvgIpc) is 2.31. The van der Waals surface area contributed by atoms with Crippen molar-refractivity contribution in [2.75, 3.05) is 13.4 Å². The Morgan fingerprint density at radius 1 is 1.42 bits per heavy atom. The van der Waals surface area contributed by atoms with E-state index in [0.717, 1.165) is 33.2 Å². The van der Waals surface area contributed by atoms with Crippen LogP contribution >= 0.6 is 27.7 Å². The molecule has 1 rings (SSSR count). The molecule has 5 heteroatoms. The van der Waals surface area contributed by atoms with E-state index in [4.69, 9.17) is 4.74 Å². The number of methoxy groups -OCH3 is 1. The Morgan fingerprint density at radius 3 is 2.63 bits per heavy atom. The number of thioether (sulfide) groups is 1. The van der Waals surface area contributed by atoms with E-state index in [-0.39, 0.29) is 0 Å². The van der Waals surface area contributed by atoms with Crippen LogP contribution in [-0.4, -0.2) is 13.4 Å². The molecule has 1 nitrogen and oxygen atoms in total. The highest BCUT2D eigenvalue weighted by atomic mass is 79.9. The van der Waals surface area contributed by atoms with Gasteiger partial charge in [-0.3, -0.25) is 0 Å². The molecule has 1 aromatic rings. The van der Waals surface area contributed by atoms with Crippen LogP contribution in [0, 0.1) is 0 Å². The summed E-state index contributed by atoms with van der Waals surface area (Å²) in [4.78, 5) is 0. The lowest BCUT2D eigenvalue weighted by atomic mass is 10.0. The molecule has 0 bridgehead atoms. The molecular formula is C14H15BrF2OS. The Bertz CT molecular complexity index is 508. The first-order valence-electron chi connectivity index (χ1n) is 5.54. The smallest absolute Gasteiger partial charge is 0.270 e. The van der Waals surface area contributed by atoms with Crippen molar-refractivity contribution in [3.63, 3.8) is 0 Å². The summed E-state index contributed by atoms with van der Waals surface area (Å²) >= 11 is 5.06. The summed E-state index contributed by atoms with van der Waals surface area (Å²) in [6.45, 7) is 1.65. The van der Waals surface area contributed by atoms with Crippen LogP contribution in [0.2, 0.25) is 0 Å². The third kappa shape index (κ3) is 4.99. The van der Waals surface area contributed by atoms with Crippen molar-refractivity contribution >= 4 is 33.8 Å². The lowest BCUT2D eigenvalue weighted by Crippen LogP contribution is -1.94. The fraction of sp³-hybridized carbons (Fsp3) is 0.286. The molecule has 0 saturated carbocycles. The molecule has 1 aromatic carbocycles. The van der Waals surface area contributed by atoms with Crippen molar-refractivity contribution in [3.8, 4) is 5.75 Å². The summed E-state index contributed by atoms with van der Waals surface area (Å²) < 4.78 is 30.7. The second-order valence-electron chi connectivity index (χ2n) is 3.93. The second kappa shape index (κ2) is 7.70. The predicted molar refractivity (Wildman–Crippen MR) is 81.9 cm³/mol. The van der Waals surface area contributed by atoms with Gasteiger partial charge in [0.2, 0.25) is 0 Å². The van der Waals surface area contributed by atoms with Crippen LogP contribution in [0.3, 0.4) is 0 Å². The van der Waals surface area contributed by atoms with Gasteiger partial charge in [0.25, 0.3) is 6.08 Å². The van der Waals surface area contributed by atoms with Gasteiger partial charge < -0.3 is 4.74 Å². The quantitative estimate of drug-likeness (QED) is 0.649. The van der Waals surface area contributed by atoms with Crippen LogP contribution < -0.4 is 4.74 Å². The number of rotatable bonds is 5. The van der Waals surface area contributed by atoms with Gasteiger partial charge in [0, 0.05) is 21.9 Å². The Hall–Kier alpha value is -0.810. The number of benzene rings is 1. The molecule has 0 saturated heterocycles. The molecule has 0 N–H and O–H groups in total. The van der Waals surface area contributed by atoms with E-state index >= 15 is 0 Å². The van der Waals surface area contributed by atoms with E-state index in [2.05, 4.69) is 15.9 Å². The van der Waals surface area contributed by atoms with E-state index in [0.29, 0.717) is 5.57 Å². The average molecular weight is 349 g/mol. The van der Waals surface area contributed by atoms with Gasteiger partial charge in [-0.25, -0.2) is 0 Å². The minimum atomic E-state index is -1.69. The second-order valence-corrected chi connectivity index (χ2v) is 5.71. The zero-order valence-corrected chi connectivity index (χ0v) is 13.4. The molecule has 104 valence electrons. The van der Waals surface area contributed by atoms with Gasteiger partial charge in [-0.2, -0.15) is 20.5 Å². The summed E-state index contributed by atoms with van der Waals surface area (Å²) in [5.74, 6) is 1.52. The van der Waals surface area contributed by atoms with Gasteiger partial charge in [0.15, 0.2) is 0 Å². The van der Waals surface area contributed by atoms with Crippen LogP contribution in [0.15, 0.2) is 34.3 Å². The third-order valence-electron chi connectivity index (χ3n) is 2.44. The molecule has 0 aliphatic rings. The molecule has 0 atom stereocenters. The number of hydrogen-bond acceptors (Lipinski definition) is 2. The largest absolute Gasteiger partial charge is 0.496 e. The molecule has 19 heavy (non-hydrogen) atoms. The number of hydrogen-bond donors (Lipinski definition) is 0. The summed E-state index contributed by atoms with van der Waals surface area (Å²) in [5, 5.41) is 0. The van der Waals surface area contributed by atoms with Gasteiger partial charge in [-0.15, -0.1) is 0 Å². The highest BCUT2D eigenvalue weighted by Crippen LogP contribution is 2.31.